The molecule has 1 aromatic heterocycles. The Balaban J connectivity index is 1.48. The van der Waals surface area contributed by atoms with Crippen LogP contribution in [0.15, 0.2) is 66.7 Å². The third kappa shape index (κ3) is 4.30. The molecule has 5 nitrogen and oxygen atoms in total. The molecular weight excluding hydrogens is 424 g/mol. The van der Waals surface area contributed by atoms with Crippen molar-refractivity contribution in [2.45, 2.75) is 19.3 Å². The fraction of sp³-hybridized carbons (Fsp3) is 0.115. The van der Waals surface area contributed by atoms with E-state index < -0.39 is 17.5 Å². The molecule has 0 fully saturated rings. The van der Waals surface area contributed by atoms with Crippen LogP contribution in [0.1, 0.15) is 28.1 Å². The van der Waals surface area contributed by atoms with E-state index in [-0.39, 0.29) is 12.2 Å². The average molecular weight is 443 g/mol. The lowest BCUT2D eigenvalue weighted by molar-refractivity contribution is -0.115. The van der Waals surface area contributed by atoms with Crippen molar-refractivity contribution in [3.8, 4) is 17.0 Å². The standard InChI is InChI=1S/C26H19F2N3O2/c27-20-9-6-16(10-21(20)28)12-24(33)31-26-23(11-15-4-2-1-3-5-15)29-25-19-8-7-18(32)13-17(19)14-22(25)30-26/h1-10,13,32H,11-12,14H2,(H,30,31,33). The Morgan fingerprint density at radius 2 is 1.76 bits per heavy atom. The first kappa shape index (κ1) is 20.8. The largest absolute Gasteiger partial charge is 0.508 e. The Labute approximate surface area is 188 Å². The second-order valence-electron chi connectivity index (χ2n) is 7.97. The second-order valence-corrected chi connectivity index (χ2v) is 7.97. The maximum Gasteiger partial charge on any atom is 0.229 e. The van der Waals surface area contributed by atoms with Gasteiger partial charge < -0.3 is 10.4 Å². The number of rotatable bonds is 5. The van der Waals surface area contributed by atoms with Gasteiger partial charge in [-0.3, -0.25) is 4.79 Å². The number of nitrogens with one attached hydrogen (secondary N) is 1. The van der Waals surface area contributed by atoms with Crippen molar-refractivity contribution in [1.82, 2.24) is 9.97 Å². The van der Waals surface area contributed by atoms with Gasteiger partial charge in [0.1, 0.15) is 5.75 Å². The summed E-state index contributed by atoms with van der Waals surface area (Å²) >= 11 is 0. The zero-order valence-corrected chi connectivity index (χ0v) is 17.5. The molecule has 0 saturated heterocycles. The van der Waals surface area contributed by atoms with Crippen molar-refractivity contribution >= 4 is 11.7 Å². The normalized spacial score (nSPS) is 11.7. The minimum absolute atomic E-state index is 0.130. The Hall–Kier alpha value is -4.13. The Kier molecular flexibility index (Phi) is 5.30. The fourth-order valence-corrected chi connectivity index (χ4v) is 4.01. The first-order chi connectivity index (χ1) is 16.0. The zero-order chi connectivity index (χ0) is 22.9. The van der Waals surface area contributed by atoms with Crippen molar-refractivity contribution in [1.29, 1.82) is 0 Å². The summed E-state index contributed by atoms with van der Waals surface area (Å²) in [7, 11) is 0. The SMILES string of the molecule is O=C(Cc1ccc(F)c(F)c1)Nc1nc2c(nc1Cc1ccccc1)-c1ccc(O)cc1C2. The number of phenols is 1. The smallest absolute Gasteiger partial charge is 0.229 e. The summed E-state index contributed by atoms with van der Waals surface area (Å²) in [6.07, 6.45) is 0.813. The van der Waals surface area contributed by atoms with Gasteiger partial charge in [0.15, 0.2) is 17.5 Å². The highest BCUT2D eigenvalue weighted by Crippen LogP contribution is 2.37. The van der Waals surface area contributed by atoms with E-state index in [1.807, 2.05) is 36.4 Å². The Morgan fingerprint density at radius 1 is 0.939 bits per heavy atom. The van der Waals surface area contributed by atoms with Gasteiger partial charge in [0.05, 0.1) is 23.5 Å². The average Bonchev–Trinajstić information content (AvgIpc) is 3.13. The van der Waals surface area contributed by atoms with Crippen LogP contribution in [-0.2, 0) is 24.1 Å². The molecule has 0 radical (unpaired) electrons. The topological polar surface area (TPSA) is 75.1 Å². The van der Waals surface area contributed by atoms with Crippen LogP contribution in [0.4, 0.5) is 14.6 Å². The highest BCUT2D eigenvalue weighted by Gasteiger charge is 2.25. The number of benzene rings is 3. The number of nitrogens with zero attached hydrogens (tertiary/aromatic N) is 2. The molecule has 4 aromatic rings. The number of carbonyl (C=O) groups is 1. The summed E-state index contributed by atoms with van der Waals surface area (Å²) in [5.74, 6) is -1.85. The number of phenolic OH excluding ortho intramolecular Hbond substituents is 1. The van der Waals surface area contributed by atoms with Gasteiger partial charge in [-0.2, -0.15) is 0 Å². The van der Waals surface area contributed by atoms with Crippen LogP contribution in [0.25, 0.3) is 11.3 Å². The molecule has 164 valence electrons. The van der Waals surface area contributed by atoms with Crippen molar-refractivity contribution in [2.75, 3.05) is 5.32 Å². The molecule has 33 heavy (non-hydrogen) atoms. The molecule has 0 spiro atoms. The first-order valence-electron chi connectivity index (χ1n) is 10.5. The van der Waals surface area contributed by atoms with E-state index in [1.54, 1.807) is 12.1 Å². The van der Waals surface area contributed by atoms with Gasteiger partial charge in [-0.05, 0) is 47.0 Å². The molecule has 1 aliphatic rings. The lowest BCUT2D eigenvalue weighted by Crippen LogP contribution is -2.18. The molecule has 5 rings (SSSR count). The number of fused-ring (bicyclic) bond motifs is 3. The number of aromatic nitrogens is 2. The number of hydrogen-bond acceptors (Lipinski definition) is 4. The Bertz CT molecular complexity index is 1370. The third-order valence-electron chi connectivity index (χ3n) is 5.56. The van der Waals surface area contributed by atoms with Crippen molar-refractivity contribution in [3.05, 3.63) is 106 Å². The number of aromatic hydroxyl groups is 1. The molecule has 0 unspecified atom stereocenters. The van der Waals surface area contributed by atoms with Gasteiger partial charge in [-0.1, -0.05) is 36.4 Å². The summed E-state index contributed by atoms with van der Waals surface area (Å²) in [5.41, 5.74) is 5.22. The quantitative estimate of drug-likeness (QED) is 0.409. The van der Waals surface area contributed by atoms with Crippen LogP contribution in [0.2, 0.25) is 0 Å². The molecule has 0 atom stereocenters. The molecule has 3 aromatic carbocycles. The lowest BCUT2D eigenvalue weighted by Gasteiger charge is -2.13. The van der Waals surface area contributed by atoms with Gasteiger partial charge in [0, 0.05) is 18.4 Å². The number of hydrogen-bond donors (Lipinski definition) is 2. The van der Waals surface area contributed by atoms with Crippen molar-refractivity contribution < 1.29 is 18.7 Å². The van der Waals surface area contributed by atoms with E-state index in [4.69, 9.17) is 9.97 Å². The third-order valence-corrected chi connectivity index (χ3v) is 5.56. The lowest BCUT2D eigenvalue weighted by atomic mass is 10.1. The van der Waals surface area contributed by atoms with Gasteiger partial charge in [0.2, 0.25) is 5.91 Å². The molecule has 0 saturated carbocycles. The minimum atomic E-state index is -0.997. The monoisotopic (exact) mass is 443 g/mol. The maximum atomic E-state index is 13.5. The van der Waals surface area contributed by atoms with E-state index >= 15 is 0 Å². The summed E-state index contributed by atoms with van der Waals surface area (Å²) in [4.78, 5) is 22.3. The fourth-order valence-electron chi connectivity index (χ4n) is 4.01. The van der Waals surface area contributed by atoms with E-state index in [2.05, 4.69) is 5.32 Å². The van der Waals surface area contributed by atoms with Crippen LogP contribution in [0.5, 0.6) is 5.75 Å². The molecule has 1 aliphatic carbocycles. The van der Waals surface area contributed by atoms with Crippen LogP contribution in [-0.4, -0.2) is 21.0 Å². The number of carbonyl (C=O) groups excluding carboxylic acids is 1. The number of halogens is 2. The van der Waals surface area contributed by atoms with E-state index in [9.17, 15) is 18.7 Å². The van der Waals surface area contributed by atoms with E-state index in [1.165, 1.54) is 6.07 Å². The van der Waals surface area contributed by atoms with Crippen LogP contribution in [0, 0.1) is 11.6 Å². The van der Waals surface area contributed by atoms with Gasteiger partial charge in [0.25, 0.3) is 0 Å². The van der Waals surface area contributed by atoms with Gasteiger partial charge in [-0.25, -0.2) is 18.7 Å². The summed E-state index contributed by atoms with van der Waals surface area (Å²) < 4.78 is 26.7. The van der Waals surface area contributed by atoms with Crippen molar-refractivity contribution in [2.24, 2.45) is 0 Å². The molecule has 7 heteroatoms. The molecule has 1 heterocycles. The first-order valence-corrected chi connectivity index (χ1v) is 10.5. The number of anilines is 1. The molecular formula is C26H19F2N3O2. The van der Waals surface area contributed by atoms with Crippen LogP contribution in [0.3, 0.4) is 0 Å². The predicted octanol–water partition coefficient (Wildman–Crippen LogP) is 4.80. The Morgan fingerprint density at radius 3 is 2.55 bits per heavy atom. The maximum absolute atomic E-state index is 13.5. The predicted molar refractivity (Wildman–Crippen MR) is 120 cm³/mol. The minimum Gasteiger partial charge on any atom is -0.508 e. The number of amides is 1. The summed E-state index contributed by atoms with van der Waals surface area (Å²) in [5, 5.41) is 12.6. The van der Waals surface area contributed by atoms with Crippen LogP contribution < -0.4 is 5.32 Å². The van der Waals surface area contributed by atoms with E-state index in [0.717, 1.165) is 34.5 Å². The second kappa shape index (κ2) is 8.43. The molecule has 0 aliphatic heterocycles. The molecule has 1 amide bonds. The molecule has 0 bridgehead atoms. The molecule has 2 N–H and O–H groups in total. The zero-order valence-electron chi connectivity index (χ0n) is 17.5. The van der Waals surface area contributed by atoms with Gasteiger partial charge >= 0.3 is 0 Å². The van der Waals surface area contributed by atoms with Crippen LogP contribution >= 0.6 is 0 Å². The summed E-state index contributed by atoms with van der Waals surface area (Å²) in [6.45, 7) is 0. The van der Waals surface area contributed by atoms with E-state index in [0.29, 0.717) is 35.6 Å². The highest BCUT2D eigenvalue weighted by atomic mass is 19.2. The van der Waals surface area contributed by atoms with Gasteiger partial charge in [-0.15, -0.1) is 0 Å². The highest BCUT2D eigenvalue weighted by molar-refractivity contribution is 5.92. The van der Waals surface area contributed by atoms with Crippen molar-refractivity contribution in [3.63, 3.8) is 0 Å². The summed E-state index contributed by atoms with van der Waals surface area (Å²) in [6, 6.07) is 18.2.